The lowest BCUT2D eigenvalue weighted by atomic mass is 9.89. The Kier molecular flexibility index (Phi) is 11.2. The Morgan fingerprint density at radius 2 is 1.37 bits per heavy atom. The maximum absolute atomic E-state index is 11.5. The average Bonchev–Trinajstić information content (AvgIpc) is 3.60. The van der Waals surface area contributed by atoms with E-state index in [1.807, 2.05) is 0 Å². The van der Waals surface area contributed by atoms with E-state index in [1.165, 1.54) is 12.3 Å². The van der Waals surface area contributed by atoms with Gasteiger partial charge >= 0.3 is 0 Å². The number of thiol groups is 1. The van der Waals surface area contributed by atoms with E-state index in [9.17, 15) is 51.1 Å². The predicted molar refractivity (Wildman–Crippen MR) is 164 cm³/mol. The summed E-state index contributed by atoms with van der Waals surface area (Å²) >= 11 is 9.78. The predicted octanol–water partition coefficient (Wildman–Crippen LogP) is -5.78. The Morgan fingerprint density at radius 1 is 0.745 bits per heavy atom. The first-order valence-corrected chi connectivity index (χ1v) is 17.1. The highest BCUT2D eigenvalue weighted by molar-refractivity contribution is 7.81. The Labute approximate surface area is 299 Å². The van der Waals surface area contributed by atoms with Gasteiger partial charge in [-0.1, -0.05) is 12.2 Å². The summed E-state index contributed by atoms with van der Waals surface area (Å²) in [5.41, 5.74) is -0.0822. The second-order valence-corrected chi connectivity index (χ2v) is 14.1. The molecular formula is C29H41NO19S2. The molecule has 7 rings (SSSR count). The number of H-pyrrole nitrogens is 1. The molecule has 4 bridgehead atoms. The number of nitrogens with one attached hydrogen (secondary N) is 1. The van der Waals surface area contributed by atoms with Crippen LogP contribution in [0.3, 0.4) is 0 Å². The number of aliphatic hydroxyl groups excluding tert-OH is 10. The molecule has 20 nitrogen and oxygen atoms in total. The van der Waals surface area contributed by atoms with Gasteiger partial charge < -0.3 is 98.7 Å². The molecule has 20 atom stereocenters. The Hall–Kier alpha value is -1.04. The third-order valence-electron chi connectivity index (χ3n) is 10.1. The minimum Gasteiger partial charge on any atom is -0.394 e. The number of aromatic amines is 1. The van der Waals surface area contributed by atoms with Crippen molar-refractivity contribution >= 4 is 24.8 Å². The second kappa shape index (κ2) is 14.9. The summed E-state index contributed by atoms with van der Waals surface area (Å²) in [6.07, 6.45) is -26.6. The quantitative estimate of drug-likeness (QED) is 0.0822. The molecule has 6 saturated heterocycles. The summed E-state index contributed by atoms with van der Waals surface area (Å²) in [7, 11) is 0. The number of hydrogen-bond acceptors (Lipinski definition) is 21. The SMILES string of the molecule is OC[C@H]1O[C@](O[C@@H]2[C@H]3OC[C@@H]2O[C@@H](O[C@@H]2[C@@H](O)[C@H](O[C@@H]4[C@H]5OC[C@@H]4O[C@@H](O)[C@H]5O)O[C@H](CO)[C@H]2O)[C@H]3O)(c2[nH]ccc(=S)c2S)[C@H](O)[C@@H](O)[C@H]1O. The minimum atomic E-state index is -2.38. The lowest BCUT2D eigenvalue weighted by molar-refractivity contribution is -0.407. The van der Waals surface area contributed by atoms with Gasteiger partial charge in [-0.15, -0.1) is 12.6 Å². The number of rotatable bonds is 9. The molecular weight excluding hydrogens is 730 g/mol. The molecule has 0 aromatic carbocycles. The van der Waals surface area contributed by atoms with Gasteiger partial charge in [-0.2, -0.15) is 0 Å². The van der Waals surface area contributed by atoms with Crippen LogP contribution in [-0.2, 0) is 48.4 Å². The van der Waals surface area contributed by atoms with Crippen LogP contribution in [0.4, 0.5) is 0 Å². The number of pyridine rings is 1. The summed E-state index contributed by atoms with van der Waals surface area (Å²) in [5, 5.41) is 107. The van der Waals surface area contributed by atoms with Crippen molar-refractivity contribution in [1.82, 2.24) is 4.98 Å². The molecule has 11 N–H and O–H groups in total. The van der Waals surface area contributed by atoms with Gasteiger partial charge in [-0.3, -0.25) is 0 Å². The number of aromatic nitrogens is 1. The average molecular weight is 772 g/mol. The lowest BCUT2D eigenvalue weighted by Crippen LogP contribution is -2.68. The fraction of sp³-hybridized carbons (Fsp3) is 0.828. The summed E-state index contributed by atoms with van der Waals surface area (Å²) in [5.74, 6) is -2.38. The Balaban J connectivity index is 1.11. The van der Waals surface area contributed by atoms with Crippen LogP contribution in [0.1, 0.15) is 5.69 Å². The minimum absolute atomic E-state index is 0.0397. The lowest BCUT2D eigenvalue weighted by Gasteiger charge is -2.51. The summed E-state index contributed by atoms with van der Waals surface area (Å²) in [4.78, 5) is 2.91. The van der Waals surface area contributed by atoms with Crippen molar-refractivity contribution in [1.29, 1.82) is 0 Å². The van der Waals surface area contributed by atoms with Crippen LogP contribution in [0, 0.1) is 4.51 Å². The van der Waals surface area contributed by atoms with Crippen molar-refractivity contribution in [3.63, 3.8) is 0 Å². The molecule has 1 aromatic rings. The van der Waals surface area contributed by atoms with E-state index in [-0.39, 0.29) is 28.3 Å². The molecule has 0 unspecified atom stereocenters. The molecule has 1 aromatic heterocycles. The van der Waals surface area contributed by atoms with Gasteiger partial charge in [0.2, 0.25) is 5.79 Å². The maximum Gasteiger partial charge on any atom is 0.241 e. The Bertz CT molecular complexity index is 1440. The molecule has 6 fully saturated rings. The molecule has 288 valence electrons. The van der Waals surface area contributed by atoms with Crippen molar-refractivity contribution in [3.8, 4) is 0 Å². The first-order chi connectivity index (χ1) is 24.3. The van der Waals surface area contributed by atoms with Gasteiger partial charge in [0, 0.05) is 11.1 Å². The van der Waals surface area contributed by atoms with Gasteiger partial charge in [0.25, 0.3) is 0 Å². The first kappa shape index (κ1) is 38.2. The standard InChI is InChI=1S/C29H41NO19S2/c31-3-7-13(34)20(16(37)27(44-7)46-18-9-5-41-21(18)15(36)26(40)43-9)47-28-17(38)22-19(10(45-28)6-42-22)49-29(24-23(51)11(50)1-2-30-24)25(39)14(35)12(33)8(4-32)48-29/h1-2,7-10,12-22,25-28,31-40,51H,3-6H2,(H,30,50)/t7-,8-,9+,10+,12+,13-,14+,15+,16-,17+,18+,19+,20+,21+,22+,25-,26-,27+,28+,29+/m1/s1. The highest BCUT2D eigenvalue weighted by Gasteiger charge is 2.63. The number of ether oxygens (including phenoxy) is 9. The van der Waals surface area contributed by atoms with E-state index < -0.39 is 136 Å². The fourth-order valence-electron chi connectivity index (χ4n) is 7.36. The molecule has 0 saturated carbocycles. The van der Waals surface area contributed by atoms with E-state index in [2.05, 4.69) is 17.6 Å². The highest BCUT2D eigenvalue weighted by Crippen LogP contribution is 2.46. The summed E-state index contributed by atoms with van der Waals surface area (Å²) < 4.78 is 52.5. The molecule has 0 spiro atoms. The van der Waals surface area contributed by atoms with Crippen molar-refractivity contribution < 1.29 is 93.7 Å². The maximum atomic E-state index is 11.5. The van der Waals surface area contributed by atoms with Gasteiger partial charge in [-0.05, 0) is 6.07 Å². The number of hydrogen-bond donors (Lipinski definition) is 12. The van der Waals surface area contributed by atoms with Crippen LogP contribution < -0.4 is 0 Å². The monoisotopic (exact) mass is 771 g/mol. The smallest absolute Gasteiger partial charge is 0.241 e. The highest BCUT2D eigenvalue weighted by atomic mass is 32.1. The zero-order chi connectivity index (χ0) is 36.5. The van der Waals surface area contributed by atoms with Gasteiger partial charge in [0.15, 0.2) is 18.9 Å². The van der Waals surface area contributed by atoms with E-state index in [0.717, 1.165) is 0 Å². The molecule has 22 heteroatoms. The largest absolute Gasteiger partial charge is 0.394 e. The van der Waals surface area contributed by atoms with Crippen LogP contribution in [0.5, 0.6) is 0 Å². The van der Waals surface area contributed by atoms with Crippen LogP contribution in [0.25, 0.3) is 0 Å². The van der Waals surface area contributed by atoms with Crippen molar-refractivity contribution in [3.05, 3.63) is 22.5 Å². The van der Waals surface area contributed by atoms with Crippen molar-refractivity contribution in [2.45, 2.75) is 127 Å². The second-order valence-electron chi connectivity index (χ2n) is 13.2. The zero-order valence-corrected chi connectivity index (χ0v) is 28.2. The van der Waals surface area contributed by atoms with E-state index in [4.69, 9.17) is 54.8 Å². The van der Waals surface area contributed by atoms with Crippen molar-refractivity contribution in [2.24, 2.45) is 0 Å². The van der Waals surface area contributed by atoms with E-state index >= 15 is 0 Å². The molecule has 51 heavy (non-hydrogen) atoms. The van der Waals surface area contributed by atoms with E-state index in [0.29, 0.717) is 0 Å². The van der Waals surface area contributed by atoms with Gasteiger partial charge in [0.1, 0.15) is 97.7 Å². The van der Waals surface area contributed by atoms with E-state index in [1.54, 1.807) is 0 Å². The topological polar surface area (TPSA) is 301 Å². The summed E-state index contributed by atoms with van der Waals surface area (Å²) in [6.45, 7) is -1.78. The van der Waals surface area contributed by atoms with Crippen LogP contribution in [-0.4, -0.2) is 199 Å². The fourth-order valence-corrected chi connectivity index (χ4v) is 7.83. The number of fused-ring (bicyclic) bond motifs is 4. The molecule has 0 aliphatic carbocycles. The molecule has 0 amide bonds. The van der Waals surface area contributed by atoms with Gasteiger partial charge in [-0.25, -0.2) is 0 Å². The van der Waals surface area contributed by atoms with Crippen LogP contribution in [0.2, 0.25) is 0 Å². The van der Waals surface area contributed by atoms with Crippen LogP contribution in [0.15, 0.2) is 17.2 Å². The summed E-state index contributed by atoms with van der Waals surface area (Å²) in [6, 6.07) is 1.49. The normalized spacial score (nSPS) is 51.2. The van der Waals surface area contributed by atoms with Crippen LogP contribution >= 0.6 is 24.8 Å². The van der Waals surface area contributed by atoms with Gasteiger partial charge in [0.05, 0.1) is 36.6 Å². The molecule has 7 heterocycles. The van der Waals surface area contributed by atoms with Crippen molar-refractivity contribution in [2.75, 3.05) is 26.4 Å². The molecule has 6 aliphatic heterocycles. The third-order valence-corrected chi connectivity index (χ3v) is 11.1. The molecule has 6 aliphatic rings. The first-order valence-electron chi connectivity index (χ1n) is 16.2. The molecule has 0 radical (unpaired) electrons. The zero-order valence-electron chi connectivity index (χ0n) is 26.5. The number of aliphatic hydroxyl groups is 10. The third kappa shape index (κ3) is 6.49. The Morgan fingerprint density at radius 3 is 2.06 bits per heavy atom.